The summed E-state index contributed by atoms with van der Waals surface area (Å²) in [7, 11) is 0. The van der Waals surface area contributed by atoms with E-state index in [1.807, 2.05) is 0 Å². The van der Waals surface area contributed by atoms with Gasteiger partial charge in [0.25, 0.3) is 0 Å². The molecule has 1 N–H and O–H groups in total. The monoisotopic (exact) mass is 252 g/mol. The number of hydrogen-bond donors (Lipinski definition) is 1. The van der Waals surface area contributed by atoms with Crippen molar-refractivity contribution in [1.29, 1.82) is 0 Å². The van der Waals surface area contributed by atoms with Crippen LogP contribution in [0.2, 0.25) is 0 Å². The van der Waals surface area contributed by atoms with Crippen molar-refractivity contribution >= 4 is 11.8 Å². The number of benzene rings is 1. The molecule has 0 fully saturated rings. The topological polar surface area (TPSA) is 72.8 Å². The van der Waals surface area contributed by atoms with Crippen molar-refractivity contribution in [2.75, 3.05) is 13.2 Å². The second-order valence-corrected chi connectivity index (χ2v) is 3.73. The fourth-order valence-corrected chi connectivity index (χ4v) is 1.46. The molecule has 0 atom stereocenters. The molecule has 0 saturated carbocycles. The van der Waals surface area contributed by atoms with Crippen molar-refractivity contribution in [2.24, 2.45) is 0 Å². The first-order valence-electron chi connectivity index (χ1n) is 5.59. The maximum absolute atomic E-state index is 11.2. The van der Waals surface area contributed by atoms with E-state index in [9.17, 15) is 14.7 Å². The van der Waals surface area contributed by atoms with Gasteiger partial charge >= 0.3 is 5.97 Å². The van der Waals surface area contributed by atoms with Gasteiger partial charge in [0.05, 0.1) is 12.2 Å². The molecule has 1 rings (SSSR count). The highest BCUT2D eigenvalue weighted by molar-refractivity contribution is 5.97. The second-order valence-electron chi connectivity index (χ2n) is 3.73. The molecule has 18 heavy (non-hydrogen) atoms. The van der Waals surface area contributed by atoms with Crippen molar-refractivity contribution in [3.63, 3.8) is 0 Å². The Balaban J connectivity index is 2.83. The Kier molecular flexibility index (Phi) is 4.71. The van der Waals surface area contributed by atoms with Crippen LogP contribution < -0.4 is 4.74 Å². The van der Waals surface area contributed by atoms with Crippen LogP contribution in [0.15, 0.2) is 12.1 Å². The quantitative estimate of drug-likeness (QED) is 0.639. The highest BCUT2D eigenvalue weighted by atomic mass is 16.6. The van der Waals surface area contributed by atoms with Gasteiger partial charge in [-0.25, -0.2) is 4.79 Å². The van der Waals surface area contributed by atoms with Crippen LogP contribution in [0.3, 0.4) is 0 Å². The molecule has 5 heteroatoms. The van der Waals surface area contributed by atoms with E-state index in [4.69, 9.17) is 9.47 Å². The maximum atomic E-state index is 11.2. The lowest BCUT2D eigenvalue weighted by atomic mass is 10.1. The summed E-state index contributed by atoms with van der Waals surface area (Å²) in [4.78, 5) is 22.3. The van der Waals surface area contributed by atoms with Crippen LogP contribution in [-0.2, 0) is 9.53 Å². The highest BCUT2D eigenvalue weighted by Gasteiger charge is 2.14. The van der Waals surface area contributed by atoms with E-state index >= 15 is 0 Å². The Morgan fingerprint density at radius 2 is 2.00 bits per heavy atom. The zero-order valence-electron chi connectivity index (χ0n) is 10.6. The highest BCUT2D eigenvalue weighted by Crippen LogP contribution is 2.30. The zero-order chi connectivity index (χ0) is 13.7. The molecule has 0 aromatic heterocycles. The van der Waals surface area contributed by atoms with Gasteiger partial charge in [0.15, 0.2) is 12.4 Å². The number of phenolic OH excluding ortho intramolecular Hbond substituents is 1. The smallest absolute Gasteiger partial charge is 0.344 e. The van der Waals surface area contributed by atoms with Gasteiger partial charge in [0.1, 0.15) is 11.5 Å². The van der Waals surface area contributed by atoms with Crippen LogP contribution >= 0.6 is 0 Å². The fourth-order valence-electron chi connectivity index (χ4n) is 1.46. The minimum absolute atomic E-state index is 0.121. The summed E-state index contributed by atoms with van der Waals surface area (Å²) in [6.07, 6.45) is 0. The summed E-state index contributed by atoms with van der Waals surface area (Å²) in [5, 5.41) is 9.80. The summed E-state index contributed by atoms with van der Waals surface area (Å²) in [6.45, 7) is 4.75. The van der Waals surface area contributed by atoms with Crippen molar-refractivity contribution < 1.29 is 24.2 Å². The molecule has 1 aromatic carbocycles. The van der Waals surface area contributed by atoms with Gasteiger partial charge in [0, 0.05) is 5.56 Å². The van der Waals surface area contributed by atoms with Gasteiger partial charge in [-0.1, -0.05) is 0 Å². The lowest BCUT2D eigenvalue weighted by Crippen LogP contribution is -2.15. The number of esters is 1. The van der Waals surface area contributed by atoms with Crippen molar-refractivity contribution in [1.82, 2.24) is 0 Å². The van der Waals surface area contributed by atoms with E-state index in [2.05, 4.69) is 0 Å². The first-order valence-corrected chi connectivity index (χ1v) is 5.59. The molecule has 0 unspecified atom stereocenters. The molecule has 0 bridgehead atoms. The van der Waals surface area contributed by atoms with Gasteiger partial charge in [-0.05, 0) is 32.9 Å². The molecule has 0 aliphatic heterocycles. The Labute approximate surface area is 105 Å². The van der Waals surface area contributed by atoms with Gasteiger partial charge in [-0.3, -0.25) is 4.79 Å². The normalized spacial score (nSPS) is 9.94. The van der Waals surface area contributed by atoms with Gasteiger partial charge in [0.2, 0.25) is 0 Å². The molecule has 0 saturated heterocycles. The minimum Gasteiger partial charge on any atom is -0.507 e. The Bertz CT molecular complexity index is 465. The first-order chi connectivity index (χ1) is 8.47. The largest absolute Gasteiger partial charge is 0.507 e. The van der Waals surface area contributed by atoms with Gasteiger partial charge < -0.3 is 14.6 Å². The van der Waals surface area contributed by atoms with Crippen LogP contribution in [0.25, 0.3) is 0 Å². The third-order valence-electron chi connectivity index (χ3n) is 2.41. The third kappa shape index (κ3) is 3.23. The van der Waals surface area contributed by atoms with Crippen molar-refractivity contribution in [3.8, 4) is 11.5 Å². The molecule has 1 aromatic rings. The fraction of sp³-hybridized carbons (Fsp3) is 0.385. The lowest BCUT2D eigenvalue weighted by molar-refractivity contribution is -0.145. The number of rotatable bonds is 5. The molecule has 5 nitrogen and oxygen atoms in total. The van der Waals surface area contributed by atoms with Crippen LogP contribution in [0.5, 0.6) is 11.5 Å². The van der Waals surface area contributed by atoms with E-state index < -0.39 is 5.97 Å². The minimum atomic E-state index is -0.480. The molecule has 0 heterocycles. The number of carbonyl (C=O) groups excluding carboxylic acids is 2. The number of ether oxygens (including phenoxy) is 2. The summed E-state index contributed by atoms with van der Waals surface area (Å²) >= 11 is 0. The molecular formula is C13H16O5. The van der Waals surface area contributed by atoms with Gasteiger partial charge in [-0.15, -0.1) is 0 Å². The number of aromatic hydroxyl groups is 1. The first kappa shape index (κ1) is 14.0. The number of carbonyl (C=O) groups is 2. The number of phenols is 1. The van der Waals surface area contributed by atoms with E-state index in [0.717, 1.165) is 0 Å². The number of ketones is 1. The van der Waals surface area contributed by atoms with E-state index in [1.54, 1.807) is 19.9 Å². The van der Waals surface area contributed by atoms with Crippen LogP contribution in [0, 0.1) is 6.92 Å². The Morgan fingerprint density at radius 1 is 1.33 bits per heavy atom. The zero-order valence-corrected chi connectivity index (χ0v) is 10.6. The van der Waals surface area contributed by atoms with Crippen molar-refractivity contribution in [3.05, 3.63) is 23.3 Å². The van der Waals surface area contributed by atoms with E-state index in [1.165, 1.54) is 13.0 Å². The second kappa shape index (κ2) is 6.05. The summed E-state index contributed by atoms with van der Waals surface area (Å²) in [6, 6.07) is 3.01. The van der Waals surface area contributed by atoms with Gasteiger partial charge in [-0.2, -0.15) is 0 Å². The average Bonchev–Trinajstić information content (AvgIpc) is 2.31. The predicted octanol–water partition coefficient (Wildman–Crippen LogP) is 1.85. The van der Waals surface area contributed by atoms with Crippen LogP contribution in [0.4, 0.5) is 0 Å². The third-order valence-corrected chi connectivity index (χ3v) is 2.41. The summed E-state index contributed by atoms with van der Waals surface area (Å²) in [5.74, 6) is -0.478. The summed E-state index contributed by atoms with van der Waals surface area (Å²) in [5.41, 5.74) is 0.656. The van der Waals surface area contributed by atoms with Crippen LogP contribution in [-0.4, -0.2) is 30.1 Å². The molecule has 0 spiro atoms. The molecule has 0 aliphatic rings. The molecule has 0 amide bonds. The van der Waals surface area contributed by atoms with Crippen LogP contribution in [0.1, 0.15) is 29.8 Å². The Hall–Kier alpha value is -2.04. The number of Topliss-reactive ketones (excluding diaryl/α,β-unsaturated/α-hetero) is 1. The maximum Gasteiger partial charge on any atom is 0.344 e. The molecular weight excluding hydrogens is 236 g/mol. The van der Waals surface area contributed by atoms with Crippen molar-refractivity contribution in [2.45, 2.75) is 20.8 Å². The van der Waals surface area contributed by atoms with E-state index in [0.29, 0.717) is 11.3 Å². The van der Waals surface area contributed by atoms with E-state index in [-0.39, 0.29) is 30.3 Å². The summed E-state index contributed by atoms with van der Waals surface area (Å²) < 4.78 is 9.94. The SMILES string of the molecule is CCOC(=O)COc1ccc(C(C)=O)c(O)c1C. The predicted molar refractivity (Wildman–Crippen MR) is 65.0 cm³/mol. The molecule has 0 aliphatic carbocycles. The molecule has 0 radical (unpaired) electrons. The lowest BCUT2D eigenvalue weighted by Gasteiger charge is -2.11. The standard InChI is InChI=1S/C13H16O5/c1-4-17-12(15)7-18-11-6-5-10(9(3)14)13(16)8(11)2/h5-6,16H,4,7H2,1-3H3. The Morgan fingerprint density at radius 3 is 2.56 bits per heavy atom. The average molecular weight is 252 g/mol. The molecule has 98 valence electrons. The number of hydrogen-bond acceptors (Lipinski definition) is 5.